The number of alkyl halides is 1. The van der Waals surface area contributed by atoms with Crippen molar-refractivity contribution in [2.75, 3.05) is 6.61 Å². The molecule has 0 radical (unpaired) electrons. The predicted octanol–water partition coefficient (Wildman–Crippen LogP) is 1.05. The molecule has 6 nitrogen and oxygen atoms in total. The molecule has 0 aromatic heterocycles. The Balaban J connectivity index is 1.84. The predicted molar refractivity (Wildman–Crippen MR) is 95.9 cm³/mol. The fourth-order valence-electron chi connectivity index (χ4n) is 7.03. The van der Waals surface area contributed by atoms with Crippen molar-refractivity contribution in [2.45, 2.75) is 69.7 Å². The summed E-state index contributed by atoms with van der Waals surface area (Å²) in [5.41, 5.74) is -6.30. The second-order valence-corrected chi connectivity index (χ2v) is 9.50. The highest BCUT2D eigenvalue weighted by Crippen LogP contribution is 2.69. The molecule has 4 rings (SSSR count). The standard InChI is InChI=1S/C21H27FO6/c1-18-9-16(26)21(22)14(13(18)5-6-20(18,28)17(27)10-23)4-3-11-7-12(24)8-15(25)19(11,21)2/h7,13-14,16,23,26,28H,3-6,8-10H2,1-2H3/t13-,14-,16-,18-,19-,20-,21-/m0/s1. The summed E-state index contributed by atoms with van der Waals surface area (Å²) in [5.74, 6) is -2.69. The van der Waals surface area contributed by atoms with Crippen molar-refractivity contribution in [1.29, 1.82) is 0 Å². The Morgan fingerprint density at radius 1 is 1.25 bits per heavy atom. The number of aliphatic hydroxyl groups excluding tert-OH is 2. The number of hydrogen-bond donors (Lipinski definition) is 3. The minimum atomic E-state index is -2.26. The van der Waals surface area contributed by atoms with E-state index in [1.165, 1.54) is 13.0 Å². The highest BCUT2D eigenvalue weighted by molar-refractivity contribution is 6.11. The summed E-state index contributed by atoms with van der Waals surface area (Å²) >= 11 is 0. The van der Waals surface area contributed by atoms with Crippen LogP contribution in [0.1, 0.15) is 52.4 Å². The number of carbonyl (C=O) groups is 3. The third-order valence-corrected chi connectivity index (χ3v) is 8.67. The lowest BCUT2D eigenvalue weighted by Crippen LogP contribution is -2.71. The minimum Gasteiger partial charge on any atom is -0.390 e. The molecular formula is C21H27FO6. The molecule has 7 heteroatoms. The lowest BCUT2D eigenvalue weighted by molar-refractivity contribution is -0.223. The smallest absolute Gasteiger partial charge is 0.190 e. The number of ketones is 3. The zero-order valence-electron chi connectivity index (χ0n) is 16.2. The van der Waals surface area contributed by atoms with Gasteiger partial charge < -0.3 is 15.3 Å². The summed E-state index contributed by atoms with van der Waals surface area (Å²) < 4.78 is 16.8. The molecule has 0 aromatic carbocycles. The first-order valence-corrected chi connectivity index (χ1v) is 9.97. The first kappa shape index (κ1) is 19.9. The van der Waals surface area contributed by atoms with Gasteiger partial charge in [-0.15, -0.1) is 0 Å². The van der Waals surface area contributed by atoms with Crippen molar-refractivity contribution in [3.63, 3.8) is 0 Å². The average molecular weight is 394 g/mol. The Labute approximate surface area is 162 Å². The SMILES string of the molecule is C[C@@]12C(=O)CC(=O)C=C1CC[C@H]1[C@@H]3CC[C@](O)(C(=O)CO)[C@@]3(C)C[C@H](O)[C@@]12F. The highest BCUT2D eigenvalue weighted by Gasteiger charge is 2.75. The molecule has 0 aliphatic heterocycles. The Morgan fingerprint density at radius 3 is 2.57 bits per heavy atom. The fourth-order valence-corrected chi connectivity index (χ4v) is 7.03. The van der Waals surface area contributed by atoms with Crippen LogP contribution in [0.25, 0.3) is 0 Å². The van der Waals surface area contributed by atoms with Crippen molar-refractivity contribution in [3.8, 4) is 0 Å². The van der Waals surface area contributed by atoms with E-state index in [0.29, 0.717) is 24.8 Å². The van der Waals surface area contributed by atoms with Gasteiger partial charge in [-0.2, -0.15) is 0 Å². The Kier molecular flexibility index (Phi) is 4.11. The van der Waals surface area contributed by atoms with Gasteiger partial charge in [0.05, 0.1) is 17.9 Å². The minimum absolute atomic E-state index is 0.0959. The van der Waals surface area contributed by atoms with Gasteiger partial charge >= 0.3 is 0 Å². The van der Waals surface area contributed by atoms with Crippen LogP contribution in [0.4, 0.5) is 4.39 Å². The molecule has 3 saturated carbocycles. The van der Waals surface area contributed by atoms with Gasteiger partial charge in [0.2, 0.25) is 0 Å². The zero-order chi connectivity index (χ0) is 20.7. The molecule has 4 aliphatic rings. The topological polar surface area (TPSA) is 112 Å². The van der Waals surface area contributed by atoms with Crippen LogP contribution in [0.5, 0.6) is 0 Å². The van der Waals surface area contributed by atoms with Crippen molar-refractivity contribution < 1.29 is 34.1 Å². The number of aliphatic hydroxyl groups is 3. The Morgan fingerprint density at radius 2 is 1.93 bits per heavy atom. The van der Waals surface area contributed by atoms with Gasteiger partial charge in [0.1, 0.15) is 12.2 Å². The summed E-state index contributed by atoms with van der Waals surface area (Å²) in [6.45, 7) is 2.36. The molecule has 28 heavy (non-hydrogen) atoms. The van der Waals surface area contributed by atoms with Crippen LogP contribution in [0.3, 0.4) is 0 Å². The maximum Gasteiger partial charge on any atom is 0.190 e. The van der Waals surface area contributed by atoms with Crippen molar-refractivity contribution in [2.24, 2.45) is 22.7 Å². The van der Waals surface area contributed by atoms with Crippen LogP contribution < -0.4 is 0 Å². The fraction of sp³-hybridized carbons (Fsp3) is 0.762. The summed E-state index contributed by atoms with van der Waals surface area (Å²) in [6.07, 6.45) is 0.412. The van der Waals surface area contributed by atoms with Gasteiger partial charge in [0.25, 0.3) is 0 Å². The van der Waals surface area contributed by atoms with Gasteiger partial charge in [-0.05, 0) is 51.0 Å². The molecule has 0 unspecified atom stereocenters. The van der Waals surface area contributed by atoms with Crippen molar-refractivity contribution in [1.82, 2.24) is 0 Å². The maximum atomic E-state index is 16.8. The monoisotopic (exact) mass is 394 g/mol. The number of carbonyl (C=O) groups excluding carboxylic acids is 3. The van der Waals surface area contributed by atoms with E-state index in [9.17, 15) is 29.7 Å². The lowest BCUT2D eigenvalue weighted by atomic mass is 9.43. The average Bonchev–Trinajstić information content (AvgIpc) is 2.89. The molecule has 3 N–H and O–H groups in total. The summed E-state index contributed by atoms with van der Waals surface area (Å²) in [6, 6.07) is 0. The van der Waals surface area contributed by atoms with Gasteiger partial charge in [0, 0.05) is 11.3 Å². The van der Waals surface area contributed by atoms with E-state index in [-0.39, 0.29) is 25.0 Å². The van der Waals surface area contributed by atoms with E-state index in [4.69, 9.17) is 0 Å². The quantitative estimate of drug-likeness (QED) is 0.604. The molecular weight excluding hydrogens is 367 g/mol. The molecule has 0 aromatic rings. The number of allylic oxidation sites excluding steroid dienone is 1. The van der Waals surface area contributed by atoms with Crippen molar-refractivity contribution >= 4 is 17.3 Å². The van der Waals surface area contributed by atoms with E-state index in [2.05, 4.69) is 0 Å². The molecule has 0 spiro atoms. The molecule has 7 atom stereocenters. The van der Waals surface area contributed by atoms with Gasteiger partial charge in [-0.1, -0.05) is 12.5 Å². The van der Waals surface area contributed by atoms with Gasteiger partial charge in [-0.3, -0.25) is 14.4 Å². The van der Waals surface area contributed by atoms with Crippen LogP contribution in [0.2, 0.25) is 0 Å². The first-order chi connectivity index (χ1) is 13.0. The van der Waals surface area contributed by atoms with E-state index in [1.54, 1.807) is 6.92 Å². The van der Waals surface area contributed by atoms with Crippen LogP contribution in [-0.4, -0.2) is 56.6 Å². The number of Topliss-reactive ketones (excluding diaryl/α,β-unsaturated/α-hetero) is 2. The van der Waals surface area contributed by atoms with Crippen LogP contribution in [0, 0.1) is 22.7 Å². The highest BCUT2D eigenvalue weighted by atomic mass is 19.1. The second kappa shape index (κ2) is 5.80. The molecule has 154 valence electrons. The Bertz CT molecular complexity index is 807. The molecule has 0 amide bonds. The van der Waals surface area contributed by atoms with Crippen molar-refractivity contribution in [3.05, 3.63) is 11.6 Å². The summed E-state index contributed by atoms with van der Waals surface area (Å²) in [7, 11) is 0. The summed E-state index contributed by atoms with van der Waals surface area (Å²) in [4.78, 5) is 37.1. The Hall–Kier alpha value is -1.44. The summed E-state index contributed by atoms with van der Waals surface area (Å²) in [5, 5.41) is 31.5. The molecule has 0 saturated heterocycles. The first-order valence-electron chi connectivity index (χ1n) is 9.97. The van der Waals surface area contributed by atoms with Gasteiger partial charge in [0.15, 0.2) is 23.0 Å². The van der Waals surface area contributed by atoms with E-state index >= 15 is 4.39 Å². The number of fused-ring (bicyclic) bond motifs is 5. The van der Waals surface area contributed by atoms with Crippen LogP contribution in [-0.2, 0) is 14.4 Å². The molecule has 4 aliphatic carbocycles. The normalized spacial score (nSPS) is 50.5. The van der Waals surface area contributed by atoms with Crippen LogP contribution >= 0.6 is 0 Å². The maximum absolute atomic E-state index is 16.8. The largest absolute Gasteiger partial charge is 0.390 e. The molecule has 0 heterocycles. The third kappa shape index (κ3) is 2.00. The van der Waals surface area contributed by atoms with E-state index < -0.39 is 58.2 Å². The van der Waals surface area contributed by atoms with Gasteiger partial charge in [-0.25, -0.2) is 4.39 Å². The number of hydrogen-bond acceptors (Lipinski definition) is 6. The second-order valence-electron chi connectivity index (χ2n) is 9.50. The zero-order valence-corrected chi connectivity index (χ0v) is 16.2. The third-order valence-electron chi connectivity index (χ3n) is 8.67. The van der Waals surface area contributed by atoms with Crippen LogP contribution in [0.15, 0.2) is 11.6 Å². The number of halogens is 1. The number of rotatable bonds is 2. The van der Waals surface area contributed by atoms with E-state index in [1.807, 2.05) is 0 Å². The molecule has 3 fully saturated rings. The molecule has 0 bridgehead atoms. The van der Waals surface area contributed by atoms with E-state index in [0.717, 1.165) is 0 Å². The lowest BCUT2D eigenvalue weighted by Gasteiger charge is -2.62.